The third kappa shape index (κ3) is 3.30. The summed E-state index contributed by atoms with van der Waals surface area (Å²) in [6, 6.07) is 6.33. The molecule has 7 heterocycles. The Hall–Kier alpha value is -2.97. The molecule has 7 rings (SSSR count). The van der Waals surface area contributed by atoms with Gasteiger partial charge in [-0.1, -0.05) is 13.8 Å². The number of nitrogens with one attached hydrogen (secondary N) is 1. The molecule has 1 N–H and O–H groups in total. The van der Waals surface area contributed by atoms with Crippen molar-refractivity contribution in [2.24, 2.45) is 0 Å². The number of pyridine rings is 2. The zero-order valence-corrected chi connectivity index (χ0v) is 21.7. The number of fused-ring (bicyclic) bond motifs is 4. The topological polar surface area (TPSA) is 74.6 Å². The number of ether oxygens (including phenoxy) is 1. The van der Waals surface area contributed by atoms with Crippen LogP contribution in [0.15, 0.2) is 24.7 Å². The molecule has 3 fully saturated rings. The molecule has 0 radical (unpaired) electrons. The van der Waals surface area contributed by atoms with Gasteiger partial charge in [0.25, 0.3) is 0 Å². The minimum Gasteiger partial charge on any atom is -0.381 e. The number of likely N-dealkylation sites (tertiary alicyclic amines) is 1. The van der Waals surface area contributed by atoms with E-state index in [1.165, 1.54) is 36.0 Å². The Bertz CT molecular complexity index is 1450. The fourth-order valence-corrected chi connectivity index (χ4v) is 6.91. The van der Waals surface area contributed by atoms with Crippen LogP contribution in [0.5, 0.6) is 0 Å². The van der Waals surface area contributed by atoms with Gasteiger partial charge in [0.2, 0.25) is 0 Å². The number of anilines is 1. The Kier molecular flexibility index (Phi) is 5.12. The van der Waals surface area contributed by atoms with Crippen molar-refractivity contribution in [3.05, 3.63) is 41.3 Å². The molecule has 0 aromatic carbocycles. The van der Waals surface area contributed by atoms with Crippen molar-refractivity contribution in [2.45, 2.75) is 71.0 Å². The van der Waals surface area contributed by atoms with E-state index in [1.54, 1.807) is 6.33 Å². The van der Waals surface area contributed by atoms with Crippen LogP contribution in [0.25, 0.3) is 27.9 Å². The van der Waals surface area contributed by atoms with Gasteiger partial charge in [-0.25, -0.2) is 14.5 Å². The number of hydrogen-bond acceptors (Lipinski definition) is 6. The first-order valence-corrected chi connectivity index (χ1v) is 13.4. The molecule has 3 saturated heterocycles. The van der Waals surface area contributed by atoms with Gasteiger partial charge in [0.15, 0.2) is 5.65 Å². The monoisotopic (exact) mass is 485 g/mol. The van der Waals surface area contributed by atoms with Crippen molar-refractivity contribution < 1.29 is 4.74 Å². The average molecular weight is 486 g/mol. The second kappa shape index (κ2) is 8.28. The molecule has 2 bridgehead atoms. The highest BCUT2D eigenvalue weighted by Gasteiger charge is 2.46. The molecule has 0 amide bonds. The third-order valence-corrected chi connectivity index (χ3v) is 8.87. The highest BCUT2D eigenvalue weighted by Crippen LogP contribution is 2.40. The Morgan fingerprint density at radius 1 is 1.03 bits per heavy atom. The molecule has 0 saturated carbocycles. The quantitative estimate of drug-likeness (QED) is 0.460. The molecule has 2 atom stereocenters. The molecule has 4 aromatic heterocycles. The standard InChI is InChI=1S/C28H35N7O/c1-16(2)25-26(22-14-35-28(29-15-30-35)18(4)17(22)3)31-23-5-6-24(32-27(23)25)34-13-20-11-21(34)12-33(20)19-7-9-36-10-8-19/h5-6,14-16,19-21,31H,7-13H2,1-4H3/t20-,21-/m1/s1. The molecular formula is C28H35N7O. The first-order chi connectivity index (χ1) is 17.5. The van der Waals surface area contributed by atoms with E-state index in [0.717, 1.165) is 60.1 Å². The Labute approximate surface area is 211 Å². The first-order valence-electron chi connectivity index (χ1n) is 13.4. The summed E-state index contributed by atoms with van der Waals surface area (Å²) in [6.07, 6.45) is 7.34. The summed E-state index contributed by atoms with van der Waals surface area (Å²) in [7, 11) is 0. The summed E-state index contributed by atoms with van der Waals surface area (Å²) in [5.41, 5.74) is 9.10. The van der Waals surface area contributed by atoms with Crippen molar-refractivity contribution in [3.63, 3.8) is 0 Å². The van der Waals surface area contributed by atoms with E-state index < -0.39 is 0 Å². The van der Waals surface area contributed by atoms with Crippen molar-refractivity contribution >= 4 is 22.5 Å². The second-order valence-corrected chi connectivity index (χ2v) is 11.2. The van der Waals surface area contributed by atoms with Crippen molar-refractivity contribution in [1.82, 2.24) is 29.5 Å². The molecule has 0 unspecified atom stereocenters. The van der Waals surface area contributed by atoms with Crippen LogP contribution in [-0.2, 0) is 4.74 Å². The molecule has 0 spiro atoms. The van der Waals surface area contributed by atoms with Gasteiger partial charge in [0, 0.05) is 61.8 Å². The highest BCUT2D eigenvalue weighted by atomic mass is 16.5. The van der Waals surface area contributed by atoms with Crippen molar-refractivity contribution in [1.29, 1.82) is 0 Å². The van der Waals surface area contributed by atoms with Gasteiger partial charge < -0.3 is 14.6 Å². The number of aromatic amines is 1. The lowest BCUT2D eigenvalue weighted by molar-refractivity contribution is 0.0271. The normalized spacial score (nSPS) is 23.2. The highest BCUT2D eigenvalue weighted by molar-refractivity contribution is 5.90. The summed E-state index contributed by atoms with van der Waals surface area (Å²) in [6.45, 7) is 12.9. The van der Waals surface area contributed by atoms with Crippen LogP contribution in [0.3, 0.4) is 0 Å². The van der Waals surface area contributed by atoms with Crippen LogP contribution in [0, 0.1) is 13.8 Å². The fourth-order valence-electron chi connectivity index (χ4n) is 6.91. The number of aromatic nitrogens is 5. The number of aryl methyl sites for hydroxylation is 1. The van der Waals surface area contributed by atoms with Crippen molar-refractivity contribution in [2.75, 3.05) is 31.2 Å². The van der Waals surface area contributed by atoms with Gasteiger partial charge >= 0.3 is 0 Å². The number of H-pyrrole nitrogens is 1. The number of rotatable bonds is 4. The summed E-state index contributed by atoms with van der Waals surface area (Å²) in [5, 5.41) is 4.42. The van der Waals surface area contributed by atoms with Crippen molar-refractivity contribution in [3.8, 4) is 11.3 Å². The summed E-state index contributed by atoms with van der Waals surface area (Å²) in [5.74, 6) is 1.45. The molecule has 8 nitrogen and oxygen atoms in total. The van der Waals surface area contributed by atoms with Crippen LogP contribution in [0.2, 0.25) is 0 Å². The van der Waals surface area contributed by atoms with E-state index in [0.29, 0.717) is 24.0 Å². The van der Waals surface area contributed by atoms with E-state index in [9.17, 15) is 0 Å². The Morgan fingerprint density at radius 3 is 2.61 bits per heavy atom. The second-order valence-electron chi connectivity index (χ2n) is 11.2. The minimum atomic E-state index is 0.335. The van der Waals surface area contributed by atoms with E-state index in [4.69, 9.17) is 9.72 Å². The third-order valence-electron chi connectivity index (χ3n) is 8.87. The smallest absolute Gasteiger partial charge is 0.158 e. The zero-order valence-electron chi connectivity index (χ0n) is 21.7. The predicted molar refractivity (Wildman–Crippen MR) is 142 cm³/mol. The zero-order chi connectivity index (χ0) is 24.6. The maximum Gasteiger partial charge on any atom is 0.158 e. The maximum atomic E-state index is 5.61. The molecule has 188 valence electrons. The number of piperazine rings is 1. The lowest BCUT2D eigenvalue weighted by atomic mass is 9.95. The number of nitrogens with zero attached hydrogens (tertiary/aromatic N) is 6. The van der Waals surface area contributed by atoms with Gasteiger partial charge in [0.1, 0.15) is 12.1 Å². The van der Waals surface area contributed by atoms with E-state index >= 15 is 0 Å². The van der Waals surface area contributed by atoms with Crippen LogP contribution < -0.4 is 4.90 Å². The molecule has 8 heteroatoms. The largest absolute Gasteiger partial charge is 0.381 e. The molecule has 3 aliphatic heterocycles. The molecular weight excluding hydrogens is 450 g/mol. The predicted octanol–water partition coefficient (Wildman–Crippen LogP) is 4.45. The lowest BCUT2D eigenvalue weighted by Crippen LogP contribution is -2.52. The Balaban J connectivity index is 1.25. The summed E-state index contributed by atoms with van der Waals surface area (Å²) in [4.78, 5) is 18.8. The van der Waals surface area contributed by atoms with E-state index in [-0.39, 0.29) is 0 Å². The van der Waals surface area contributed by atoms with Crippen LogP contribution >= 0.6 is 0 Å². The van der Waals surface area contributed by atoms with Gasteiger partial charge in [-0.05, 0) is 62.3 Å². The SMILES string of the molecule is Cc1c(-c2[nH]c3ccc(N4C[C@H]5C[C@@H]4CN5C4CCOCC4)nc3c2C(C)C)cn2ncnc2c1C. The first kappa shape index (κ1) is 22.2. The molecule has 36 heavy (non-hydrogen) atoms. The molecule has 4 aromatic rings. The van der Waals surface area contributed by atoms with Gasteiger partial charge in [-0.2, -0.15) is 5.10 Å². The molecule has 3 aliphatic rings. The van der Waals surface area contributed by atoms with Gasteiger partial charge in [-0.15, -0.1) is 0 Å². The average Bonchev–Trinajstić information content (AvgIpc) is 3.68. The Morgan fingerprint density at radius 2 is 1.86 bits per heavy atom. The minimum absolute atomic E-state index is 0.335. The fraction of sp³-hybridized carbons (Fsp3) is 0.536. The van der Waals surface area contributed by atoms with E-state index in [1.807, 2.05) is 4.52 Å². The summed E-state index contributed by atoms with van der Waals surface area (Å²) < 4.78 is 7.49. The maximum absolute atomic E-state index is 5.61. The lowest BCUT2D eigenvalue weighted by Gasteiger charge is -2.40. The van der Waals surface area contributed by atoms with E-state index in [2.05, 4.69) is 70.9 Å². The van der Waals surface area contributed by atoms with Crippen LogP contribution in [-0.4, -0.2) is 73.9 Å². The summed E-state index contributed by atoms with van der Waals surface area (Å²) >= 11 is 0. The van der Waals surface area contributed by atoms with Gasteiger partial charge in [0.05, 0.1) is 16.7 Å². The number of hydrogen-bond donors (Lipinski definition) is 1. The van der Waals surface area contributed by atoms with Crippen LogP contribution in [0.4, 0.5) is 5.82 Å². The van der Waals surface area contributed by atoms with Crippen LogP contribution in [0.1, 0.15) is 55.7 Å². The van der Waals surface area contributed by atoms with Gasteiger partial charge in [-0.3, -0.25) is 4.90 Å². The molecule has 0 aliphatic carbocycles.